The van der Waals surface area contributed by atoms with Crippen LogP contribution in [0.1, 0.15) is 11.1 Å². The molecule has 0 atom stereocenters. The Morgan fingerprint density at radius 2 is 1.74 bits per heavy atom. The molecule has 0 fully saturated rings. The number of fused-ring (bicyclic) bond motifs is 1. The largest absolute Gasteiger partial charge is 0.355 e. The predicted molar refractivity (Wildman–Crippen MR) is 113 cm³/mol. The number of anilines is 2. The second-order valence-electron chi connectivity index (χ2n) is 6.27. The predicted octanol–water partition coefficient (Wildman–Crippen LogP) is 5.67. The minimum atomic E-state index is 0.851. The van der Waals surface area contributed by atoms with E-state index in [-0.39, 0.29) is 0 Å². The van der Waals surface area contributed by atoms with Crippen LogP contribution < -0.4 is 5.32 Å². The Bertz CT molecular complexity index is 1120. The molecule has 4 aromatic rings. The first-order valence-electron chi connectivity index (χ1n) is 8.83. The zero-order chi connectivity index (χ0) is 18.6. The van der Waals surface area contributed by atoms with Crippen LogP contribution in [0.3, 0.4) is 0 Å². The van der Waals surface area contributed by atoms with Crippen LogP contribution in [0.25, 0.3) is 22.8 Å². The molecule has 0 radical (unpaired) electrons. The van der Waals surface area contributed by atoms with Crippen molar-refractivity contribution in [1.82, 2.24) is 15.0 Å². The minimum Gasteiger partial charge on any atom is -0.355 e. The zero-order valence-corrected chi connectivity index (χ0v) is 15.1. The molecule has 0 aliphatic rings. The number of aromatic nitrogens is 3. The Morgan fingerprint density at radius 1 is 0.926 bits per heavy atom. The molecule has 0 saturated heterocycles. The third kappa shape index (κ3) is 3.51. The molecule has 4 nitrogen and oxygen atoms in total. The standard InChI is InChI=1S/C23H20N4/c1-3-4-9-18-10-8-13-21(17(18)2)24-19-14-15-22-23(16-19)26-27(25-22)20-11-6-5-7-12-20/h3-16,24H,1H2,2H3/b9-4-. The van der Waals surface area contributed by atoms with Gasteiger partial charge in [0.1, 0.15) is 11.0 Å². The van der Waals surface area contributed by atoms with Gasteiger partial charge in [0.05, 0.1) is 5.69 Å². The molecule has 0 aliphatic carbocycles. The maximum absolute atomic E-state index is 4.61. The maximum atomic E-state index is 4.61. The van der Waals surface area contributed by atoms with Crippen LogP contribution in [0.15, 0.2) is 85.5 Å². The fourth-order valence-corrected chi connectivity index (χ4v) is 2.97. The van der Waals surface area contributed by atoms with Crippen LogP contribution in [-0.2, 0) is 0 Å². The molecule has 4 rings (SSSR count). The molecule has 3 aromatic carbocycles. The van der Waals surface area contributed by atoms with E-state index >= 15 is 0 Å². The Hall–Kier alpha value is -3.66. The second kappa shape index (κ2) is 7.30. The highest BCUT2D eigenvalue weighted by molar-refractivity contribution is 5.80. The zero-order valence-electron chi connectivity index (χ0n) is 15.1. The second-order valence-corrected chi connectivity index (χ2v) is 6.27. The fraction of sp³-hybridized carbons (Fsp3) is 0.0435. The van der Waals surface area contributed by atoms with Gasteiger partial charge in [-0.05, 0) is 54.4 Å². The molecule has 0 aliphatic heterocycles. The van der Waals surface area contributed by atoms with E-state index in [2.05, 4.69) is 47.2 Å². The van der Waals surface area contributed by atoms with Gasteiger partial charge in [0, 0.05) is 11.4 Å². The van der Waals surface area contributed by atoms with E-state index in [1.807, 2.05) is 60.7 Å². The Morgan fingerprint density at radius 3 is 2.56 bits per heavy atom. The van der Waals surface area contributed by atoms with Gasteiger partial charge in [0.15, 0.2) is 0 Å². The van der Waals surface area contributed by atoms with Crippen molar-refractivity contribution >= 4 is 28.5 Å². The van der Waals surface area contributed by atoms with Crippen LogP contribution in [0.5, 0.6) is 0 Å². The molecule has 1 N–H and O–H groups in total. The van der Waals surface area contributed by atoms with E-state index in [4.69, 9.17) is 0 Å². The monoisotopic (exact) mass is 352 g/mol. The average molecular weight is 352 g/mol. The van der Waals surface area contributed by atoms with Gasteiger partial charge in [-0.25, -0.2) is 0 Å². The number of allylic oxidation sites excluding steroid dienone is 2. The topological polar surface area (TPSA) is 42.7 Å². The van der Waals surface area contributed by atoms with Gasteiger partial charge in [-0.3, -0.25) is 0 Å². The summed E-state index contributed by atoms with van der Waals surface area (Å²) >= 11 is 0. The highest BCUT2D eigenvalue weighted by atomic mass is 15.5. The van der Waals surface area contributed by atoms with Crippen LogP contribution in [0, 0.1) is 6.92 Å². The van der Waals surface area contributed by atoms with Gasteiger partial charge in [-0.2, -0.15) is 4.80 Å². The normalized spacial score (nSPS) is 11.1. The Balaban J connectivity index is 1.65. The minimum absolute atomic E-state index is 0.851. The summed E-state index contributed by atoms with van der Waals surface area (Å²) in [5, 5.41) is 12.7. The number of nitrogens with zero attached hydrogens (tertiary/aromatic N) is 3. The van der Waals surface area contributed by atoms with Crippen molar-refractivity contribution in [3.63, 3.8) is 0 Å². The smallest absolute Gasteiger partial charge is 0.115 e. The third-order valence-electron chi connectivity index (χ3n) is 4.43. The molecule has 1 heterocycles. The van der Waals surface area contributed by atoms with Gasteiger partial charge in [-0.1, -0.05) is 55.1 Å². The molecule has 0 saturated carbocycles. The van der Waals surface area contributed by atoms with Gasteiger partial charge < -0.3 is 5.32 Å². The number of para-hydroxylation sites is 1. The van der Waals surface area contributed by atoms with Crippen molar-refractivity contribution in [2.75, 3.05) is 5.32 Å². The van der Waals surface area contributed by atoms with Crippen LogP contribution >= 0.6 is 0 Å². The van der Waals surface area contributed by atoms with Gasteiger partial charge in [0.25, 0.3) is 0 Å². The third-order valence-corrected chi connectivity index (χ3v) is 4.43. The van der Waals surface area contributed by atoms with Crippen molar-refractivity contribution < 1.29 is 0 Å². The maximum Gasteiger partial charge on any atom is 0.115 e. The summed E-state index contributed by atoms with van der Waals surface area (Å²) < 4.78 is 0. The molecule has 0 amide bonds. The van der Waals surface area contributed by atoms with Crippen molar-refractivity contribution in [2.45, 2.75) is 6.92 Å². The average Bonchev–Trinajstić information content (AvgIpc) is 3.13. The summed E-state index contributed by atoms with van der Waals surface area (Å²) in [6.07, 6.45) is 5.78. The lowest BCUT2D eigenvalue weighted by molar-refractivity contribution is 0.766. The number of rotatable bonds is 5. The molecular weight excluding hydrogens is 332 g/mol. The van der Waals surface area contributed by atoms with E-state index < -0.39 is 0 Å². The van der Waals surface area contributed by atoms with Crippen molar-refractivity contribution in [3.05, 3.63) is 96.6 Å². The first-order chi connectivity index (χ1) is 13.2. The molecule has 132 valence electrons. The van der Waals surface area contributed by atoms with E-state index in [0.717, 1.165) is 33.7 Å². The molecule has 1 aromatic heterocycles. The van der Waals surface area contributed by atoms with Crippen LogP contribution in [-0.4, -0.2) is 15.0 Å². The number of hydrogen-bond donors (Lipinski definition) is 1. The number of nitrogens with one attached hydrogen (secondary N) is 1. The summed E-state index contributed by atoms with van der Waals surface area (Å²) in [6, 6.07) is 22.2. The summed E-state index contributed by atoms with van der Waals surface area (Å²) in [6.45, 7) is 5.84. The highest BCUT2D eigenvalue weighted by Gasteiger charge is 2.07. The lowest BCUT2D eigenvalue weighted by Crippen LogP contribution is -1.97. The van der Waals surface area contributed by atoms with E-state index in [1.165, 1.54) is 5.56 Å². The first-order valence-corrected chi connectivity index (χ1v) is 8.83. The molecule has 0 spiro atoms. The summed E-state index contributed by atoms with van der Waals surface area (Å²) in [4.78, 5) is 1.67. The highest BCUT2D eigenvalue weighted by Crippen LogP contribution is 2.26. The van der Waals surface area contributed by atoms with Crippen LogP contribution in [0.4, 0.5) is 11.4 Å². The number of hydrogen-bond acceptors (Lipinski definition) is 3. The number of benzene rings is 3. The first kappa shape index (κ1) is 16.8. The Kier molecular flexibility index (Phi) is 4.54. The van der Waals surface area contributed by atoms with Crippen LogP contribution in [0.2, 0.25) is 0 Å². The SMILES string of the molecule is C=C/C=C\c1cccc(Nc2ccc3nn(-c4ccccc4)nc3c2)c1C. The molecule has 0 unspecified atom stereocenters. The fourth-order valence-electron chi connectivity index (χ4n) is 2.97. The quantitative estimate of drug-likeness (QED) is 0.470. The van der Waals surface area contributed by atoms with Crippen molar-refractivity contribution in [1.29, 1.82) is 0 Å². The van der Waals surface area contributed by atoms with Gasteiger partial charge in [0.2, 0.25) is 0 Å². The van der Waals surface area contributed by atoms with E-state index in [9.17, 15) is 0 Å². The summed E-state index contributed by atoms with van der Waals surface area (Å²) in [7, 11) is 0. The molecule has 0 bridgehead atoms. The summed E-state index contributed by atoms with van der Waals surface area (Å²) in [5.74, 6) is 0. The molecule has 4 heteroatoms. The lowest BCUT2D eigenvalue weighted by atomic mass is 10.1. The Labute approximate surface area is 158 Å². The van der Waals surface area contributed by atoms with E-state index in [1.54, 1.807) is 10.9 Å². The van der Waals surface area contributed by atoms with Gasteiger partial charge >= 0.3 is 0 Å². The van der Waals surface area contributed by atoms with E-state index in [0.29, 0.717) is 0 Å². The molecule has 27 heavy (non-hydrogen) atoms. The van der Waals surface area contributed by atoms with Crippen molar-refractivity contribution in [2.24, 2.45) is 0 Å². The lowest BCUT2D eigenvalue weighted by Gasteiger charge is -2.11. The van der Waals surface area contributed by atoms with Crippen molar-refractivity contribution in [3.8, 4) is 5.69 Å². The summed E-state index contributed by atoms with van der Waals surface area (Å²) in [5.41, 5.74) is 7.06. The van der Waals surface area contributed by atoms with Gasteiger partial charge in [-0.15, -0.1) is 10.2 Å². The molecular formula is C23H20N4.